The molecule has 3 rings (SSSR count). The van der Waals surface area contributed by atoms with Gasteiger partial charge in [0.1, 0.15) is 22.2 Å². The van der Waals surface area contributed by atoms with E-state index in [0.717, 1.165) is 0 Å². The Morgan fingerprint density at radius 2 is 2.04 bits per heavy atom. The summed E-state index contributed by atoms with van der Waals surface area (Å²) in [6.07, 6.45) is 3.04. The lowest BCUT2D eigenvalue weighted by Gasteiger charge is -2.23. The molecule has 0 radical (unpaired) electrons. The highest BCUT2D eigenvalue weighted by molar-refractivity contribution is 9.10. The van der Waals surface area contributed by atoms with Crippen molar-refractivity contribution in [2.75, 3.05) is 11.4 Å². The summed E-state index contributed by atoms with van der Waals surface area (Å²) >= 11 is 3.31. The highest BCUT2D eigenvalue weighted by atomic mass is 79.9. The molecule has 0 fully saturated rings. The summed E-state index contributed by atoms with van der Waals surface area (Å²) in [7, 11) is -2.51. The molecule has 0 atom stereocenters. The molecule has 0 amide bonds. The van der Waals surface area contributed by atoms with Crippen LogP contribution < -0.4 is 9.04 Å². The Hall–Kier alpha value is -2.32. The fourth-order valence-electron chi connectivity index (χ4n) is 2.31. The molecule has 2 aromatic heterocycles. The normalized spacial score (nSPS) is 11.3. The number of halogens is 1. The van der Waals surface area contributed by atoms with Crippen molar-refractivity contribution in [1.82, 2.24) is 4.98 Å². The molecule has 0 aliphatic heterocycles. The first-order valence-corrected chi connectivity index (χ1v) is 9.55. The summed E-state index contributed by atoms with van der Waals surface area (Å²) in [5.74, 6) is 1.05. The van der Waals surface area contributed by atoms with E-state index >= 15 is 0 Å². The first-order chi connectivity index (χ1) is 12.0. The number of aromatic nitrogens is 1. The van der Waals surface area contributed by atoms with Crippen molar-refractivity contribution >= 4 is 31.8 Å². The van der Waals surface area contributed by atoms with Gasteiger partial charge in [-0.25, -0.2) is 17.7 Å². The van der Waals surface area contributed by atoms with Gasteiger partial charge in [0.25, 0.3) is 10.0 Å². The van der Waals surface area contributed by atoms with Crippen molar-refractivity contribution in [2.45, 2.75) is 11.4 Å². The van der Waals surface area contributed by atoms with Crippen LogP contribution in [0, 0.1) is 0 Å². The van der Waals surface area contributed by atoms with Crippen molar-refractivity contribution in [1.29, 1.82) is 0 Å². The minimum atomic E-state index is -3.94. The van der Waals surface area contributed by atoms with E-state index in [1.807, 2.05) is 0 Å². The lowest BCUT2D eigenvalue weighted by molar-refractivity contribution is 0.402. The quantitative estimate of drug-likeness (QED) is 0.603. The maximum Gasteiger partial charge on any atom is 0.269 e. The van der Waals surface area contributed by atoms with Crippen LogP contribution in [0.15, 0.2) is 74.8 Å². The molecule has 0 N–H and O–H groups in total. The van der Waals surface area contributed by atoms with Gasteiger partial charge in [-0.1, -0.05) is 22.0 Å². The third-order valence-corrected chi connectivity index (χ3v) is 5.74. The summed E-state index contributed by atoms with van der Waals surface area (Å²) in [6.45, 7) is 0.0159. The lowest BCUT2D eigenvalue weighted by Crippen LogP contribution is -2.31. The zero-order valence-corrected chi connectivity index (χ0v) is 15.7. The molecule has 6 nitrogen and oxygen atoms in total. The van der Waals surface area contributed by atoms with E-state index in [9.17, 15) is 8.42 Å². The maximum atomic E-state index is 13.3. The van der Waals surface area contributed by atoms with Gasteiger partial charge >= 0.3 is 0 Å². The average Bonchev–Trinajstić information content (AvgIpc) is 3.13. The molecule has 0 spiro atoms. The minimum absolute atomic E-state index is 0.0159. The maximum absolute atomic E-state index is 13.3. The van der Waals surface area contributed by atoms with Gasteiger partial charge in [-0.3, -0.25) is 0 Å². The van der Waals surface area contributed by atoms with E-state index in [-0.39, 0.29) is 17.2 Å². The van der Waals surface area contributed by atoms with E-state index in [2.05, 4.69) is 20.9 Å². The van der Waals surface area contributed by atoms with Crippen LogP contribution in [-0.4, -0.2) is 20.5 Å². The second-order valence-corrected chi connectivity index (χ2v) is 7.82. The Kier molecular flexibility index (Phi) is 5.10. The van der Waals surface area contributed by atoms with Gasteiger partial charge in [0.05, 0.1) is 19.9 Å². The van der Waals surface area contributed by atoms with Crippen molar-refractivity contribution in [3.05, 3.63) is 71.2 Å². The number of pyridine rings is 1. The molecular weight excluding hydrogens is 408 g/mol. The Balaban J connectivity index is 2.13. The van der Waals surface area contributed by atoms with Crippen LogP contribution in [0.25, 0.3) is 0 Å². The topological polar surface area (TPSA) is 72.6 Å². The van der Waals surface area contributed by atoms with Gasteiger partial charge in [0, 0.05) is 10.7 Å². The number of rotatable bonds is 6. The number of hydrogen-bond acceptors (Lipinski definition) is 5. The van der Waals surface area contributed by atoms with Gasteiger partial charge in [0.2, 0.25) is 0 Å². The van der Waals surface area contributed by atoms with Gasteiger partial charge in [-0.05, 0) is 42.5 Å². The summed E-state index contributed by atoms with van der Waals surface area (Å²) in [5, 5.41) is 0. The highest BCUT2D eigenvalue weighted by Gasteiger charge is 2.30. The molecule has 3 aromatic rings. The number of methoxy groups -OCH3 is 1. The monoisotopic (exact) mass is 422 g/mol. The molecule has 130 valence electrons. The summed E-state index contributed by atoms with van der Waals surface area (Å²) in [5.41, 5.74) is 0. The lowest BCUT2D eigenvalue weighted by atomic mass is 10.3. The predicted molar refractivity (Wildman–Crippen MR) is 97.0 cm³/mol. The molecule has 8 heteroatoms. The van der Waals surface area contributed by atoms with E-state index in [1.165, 1.54) is 29.9 Å². The third-order valence-electron chi connectivity index (χ3n) is 3.48. The van der Waals surface area contributed by atoms with Crippen LogP contribution in [-0.2, 0) is 16.6 Å². The number of nitrogens with zero attached hydrogens (tertiary/aromatic N) is 2. The fourth-order valence-corrected chi connectivity index (χ4v) is 4.39. The van der Waals surface area contributed by atoms with Crippen LogP contribution in [0.1, 0.15) is 5.76 Å². The Morgan fingerprint density at radius 1 is 1.20 bits per heavy atom. The molecule has 0 saturated carbocycles. The SMILES string of the molecule is COc1ccc(Br)cc1S(=O)(=O)N(Cc1ccco1)c1ccccn1. The Labute approximate surface area is 154 Å². The number of anilines is 1. The smallest absolute Gasteiger partial charge is 0.269 e. The molecule has 0 saturated heterocycles. The molecule has 25 heavy (non-hydrogen) atoms. The summed E-state index contributed by atoms with van der Waals surface area (Å²) < 4.78 is 39.0. The molecule has 1 aromatic carbocycles. The van der Waals surface area contributed by atoms with Crippen molar-refractivity contribution in [3.63, 3.8) is 0 Å². The van der Waals surface area contributed by atoms with Gasteiger partial charge in [-0.2, -0.15) is 0 Å². The van der Waals surface area contributed by atoms with Crippen molar-refractivity contribution in [2.24, 2.45) is 0 Å². The number of benzene rings is 1. The van der Waals surface area contributed by atoms with Crippen LogP contribution in [0.5, 0.6) is 5.75 Å². The Bertz CT molecular complexity index is 944. The van der Waals surface area contributed by atoms with Crippen LogP contribution in [0.2, 0.25) is 0 Å². The first-order valence-electron chi connectivity index (χ1n) is 7.32. The van der Waals surface area contributed by atoms with E-state index in [1.54, 1.807) is 42.5 Å². The van der Waals surface area contributed by atoms with Crippen LogP contribution in [0.4, 0.5) is 5.82 Å². The standard InChI is InChI=1S/C17H15BrN2O4S/c1-23-15-8-7-13(18)11-16(15)25(21,22)20(12-14-5-4-10-24-14)17-6-2-3-9-19-17/h2-11H,12H2,1H3. The van der Waals surface area contributed by atoms with Crippen molar-refractivity contribution in [3.8, 4) is 5.75 Å². The molecule has 0 bridgehead atoms. The molecular formula is C17H15BrN2O4S. The van der Waals surface area contributed by atoms with Crippen LogP contribution >= 0.6 is 15.9 Å². The number of furan rings is 1. The van der Waals surface area contributed by atoms with Gasteiger partial charge < -0.3 is 9.15 Å². The molecule has 0 aliphatic carbocycles. The second kappa shape index (κ2) is 7.28. The van der Waals surface area contributed by atoms with E-state index in [4.69, 9.17) is 9.15 Å². The van der Waals surface area contributed by atoms with Gasteiger partial charge in [-0.15, -0.1) is 0 Å². The number of sulfonamides is 1. The van der Waals surface area contributed by atoms with Crippen molar-refractivity contribution < 1.29 is 17.6 Å². The first kappa shape index (κ1) is 17.5. The van der Waals surface area contributed by atoms with Crippen LogP contribution in [0.3, 0.4) is 0 Å². The van der Waals surface area contributed by atoms with Gasteiger partial charge in [0.15, 0.2) is 0 Å². The molecule has 0 unspecified atom stereocenters. The average molecular weight is 423 g/mol. The molecule has 2 heterocycles. The molecule has 0 aliphatic rings. The zero-order chi connectivity index (χ0) is 17.9. The number of ether oxygens (including phenoxy) is 1. The summed E-state index contributed by atoms with van der Waals surface area (Å²) in [6, 6.07) is 13.3. The number of hydrogen-bond donors (Lipinski definition) is 0. The summed E-state index contributed by atoms with van der Waals surface area (Å²) in [4.78, 5) is 4.23. The largest absolute Gasteiger partial charge is 0.495 e. The predicted octanol–water partition coefficient (Wildman–Crippen LogP) is 3.84. The highest BCUT2D eigenvalue weighted by Crippen LogP contribution is 2.32. The van der Waals surface area contributed by atoms with E-state index in [0.29, 0.717) is 16.1 Å². The minimum Gasteiger partial charge on any atom is -0.495 e. The second-order valence-electron chi connectivity index (χ2n) is 5.07. The fraction of sp³-hybridized carbons (Fsp3) is 0.118. The van der Waals surface area contributed by atoms with E-state index < -0.39 is 10.0 Å². The zero-order valence-electron chi connectivity index (χ0n) is 13.3. The Morgan fingerprint density at radius 3 is 2.68 bits per heavy atom. The third kappa shape index (κ3) is 3.69.